The van der Waals surface area contributed by atoms with Crippen LogP contribution >= 0.6 is 0 Å². The van der Waals surface area contributed by atoms with Crippen molar-refractivity contribution < 1.29 is 13.9 Å². The Kier molecular flexibility index (Phi) is 5.44. The number of aromatic nitrogens is 2. The standard InChI is InChI=1S/C16H24N4O3/c1-5-12-6-7-13(22-12)10-17-8-11-9-18-20-14(11)19-15(21)23-16(2,3)4/h6-7,9,17H,5,8,10H2,1-4H3,(H2,18,19,20,21). The van der Waals surface area contributed by atoms with E-state index in [1.54, 1.807) is 6.20 Å². The predicted molar refractivity (Wildman–Crippen MR) is 87.1 cm³/mol. The molecule has 0 atom stereocenters. The van der Waals surface area contributed by atoms with Gasteiger partial charge in [-0.15, -0.1) is 0 Å². The molecule has 0 aliphatic heterocycles. The average Bonchev–Trinajstić information content (AvgIpc) is 3.06. The topological polar surface area (TPSA) is 92.2 Å². The summed E-state index contributed by atoms with van der Waals surface area (Å²) >= 11 is 0. The van der Waals surface area contributed by atoms with Crippen molar-refractivity contribution in [1.29, 1.82) is 0 Å². The molecule has 0 saturated heterocycles. The number of nitrogens with zero attached hydrogens (tertiary/aromatic N) is 1. The summed E-state index contributed by atoms with van der Waals surface area (Å²) < 4.78 is 10.8. The molecule has 2 rings (SSSR count). The highest BCUT2D eigenvalue weighted by atomic mass is 16.6. The van der Waals surface area contributed by atoms with Gasteiger partial charge in [-0.2, -0.15) is 5.10 Å². The van der Waals surface area contributed by atoms with Crippen molar-refractivity contribution in [3.8, 4) is 0 Å². The molecule has 0 bridgehead atoms. The van der Waals surface area contributed by atoms with Gasteiger partial charge < -0.3 is 14.5 Å². The maximum Gasteiger partial charge on any atom is 0.413 e. The number of furan rings is 1. The molecule has 1 amide bonds. The van der Waals surface area contributed by atoms with E-state index in [0.29, 0.717) is 18.9 Å². The fourth-order valence-corrected chi connectivity index (χ4v) is 1.99. The first-order chi connectivity index (χ1) is 10.9. The molecule has 0 aromatic carbocycles. The normalized spacial score (nSPS) is 11.5. The fourth-order valence-electron chi connectivity index (χ4n) is 1.99. The zero-order valence-electron chi connectivity index (χ0n) is 14.0. The summed E-state index contributed by atoms with van der Waals surface area (Å²) in [7, 11) is 0. The van der Waals surface area contributed by atoms with E-state index in [4.69, 9.17) is 9.15 Å². The molecular formula is C16H24N4O3. The summed E-state index contributed by atoms with van der Waals surface area (Å²) in [6.07, 6.45) is 2.03. The van der Waals surface area contributed by atoms with Gasteiger partial charge in [0.2, 0.25) is 0 Å². The molecule has 0 spiro atoms. The van der Waals surface area contributed by atoms with Gasteiger partial charge in [0.05, 0.1) is 12.7 Å². The molecule has 2 aromatic rings. The van der Waals surface area contributed by atoms with Crippen LogP contribution in [0.15, 0.2) is 22.7 Å². The van der Waals surface area contributed by atoms with E-state index in [1.807, 2.05) is 32.9 Å². The molecule has 0 aliphatic carbocycles. The first kappa shape index (κ1) is 17.1. The van der Waals surface area contributed by atoms with Gasteiger partial charge in [0.25, 0.3) is 0 Å². The number of amides is 1. The van der Waals surface area contributed by atoms with Crippen LogP contribution < -0.4 is 10.6 Å². The smallest absolute Gasteiger partial charge is 0.413 e. The number of H-pyrrole nitrogens is 1. The number of ether oxygens (including phenoxy) is 1. The summed E-state index contributed by atoms with van der Waals surface area (Å²) in [5, 5.41) is 12.6. The number of aryl methyl sites for hydroxylation is 1. The Balaban J connectivity index is 1.84. The second-order valence-corrected chi connectivity index (χ2v) is 6.22. The van der Waals surface area contributed by atoms with E-state index in [9.17, 15) is 4.79 Å². The largest absolute Gasteiger partial charge is 0.465 e. The Morgan fingerprint density at radius 1 is 1.30 bits per heavy atom. The van der Waals surface area contributed by atoms with E-state index in [-0.39, 0.29) is 0 Å². The number of carbonyl (C=O) groups is 1. The lowest BCUT2D eigenvalue weighted by Crippen LogP contribution is -2.27. The number of carbonyl (C=O) groups excluding carboxylic acids is 1. The quantitative estimate of drug-likeness (QED) is 0.760. The molecule has 2 aromatic heterocycles. The molecule has 126 valence electrons. The predicted octanol–water partition coefficient (Wildman–Crippen LogP) is 3.20. The van der Waals surface area contributed by atoms with Crippen LogP contribution in [-0.2, 0) is 24.2 Å². The molecular weight excluding hydrogens is 296 g/mol. The summed E-state index contributed by atoms with van der Waals surface area (Å²) in [6.45, 7) is 8.65. The molecule has 0 saturated carbocycles. The summed E-state index contributed by atoms with van der Waals surface area (Å²) in [5.41, 5.74) is 0.303. The number of aromatic amines is 1. The van der Waals surface area contributed by atoms with Crippen molar-refractivity contribution in [1.82, 2.24) is 15.5 Å². The third-order valence-electron chi connectivity index (χ3n) is 3.02. The average molecular weight is 320 g/mol. The SMILES string of the molecule is CCc1ccc(CNCc2cn[nH]c2NC(=O)OC(C)(C)C)o1. The Hall–Kier alpha value is -2.28. The summed E-state index contributed by atoms with van der Waals surface area (Å²) in [6, 6.07) is 3.94. The highest BCUT2D eigenvalue weighted by Crippen LogP contribution is 2.14. The number of nitrogens with one attached hydrogen (secondary N) is 3. The highest BCUT2D eigenvalue weighted by Gasteiger charge is 2.17. The molecule has 0 unspecified atom stereocenters. The maximum absolute atomic E-state index is 11.8. The van der Waals surface area contributed by atoms with E-state index >= 15 is 0 Å². The first-order valence-electron chi connectivity index (χ1n) is 7.68. The van der Waals surface area contributed by atoms with Crippen molar-refractivity contribution in [3.63, 3.8) is 0 Å². The van der Waals surface area contributed by atoms with E-state index in [0.717, 1.165) is 23.5 Å². The molecule has 2 heterocycles. The monoisotopic (exact) mass is 320 g/mol. The van der Waals surface area contributed by atoms with E-state index in [1.165, 1.54) is 0 Å². The van der Waals surface area contributed by atoms with Crippen LogP contribution in [0.5, 0.6) is 0 Å². The van der Waals surface area contributed by atoms with Crippen LogP contribution in [0.3, 0.4) is 0 Å². The third-order valence-corrected chi connectivity index (χ3v) is 3.02. The van der Waals surface area contributed by atoms with Crippen molar-refractivity contribution >= 4 is 11.9 Å². The van der Waals surface area contributed by atoms with E-state index < -0.39 is 11.7 Å². The summed E-state index contributed by atoms with van der Waals surface area (Å²) in [5.74, 6) is 2.38. The number of anilines is 1. The zero-order valence-corrected chi connectivity index (χ0v) is 14.0. The lowest BCUT2D eigenvalue weighted by atomic mass is 10.2. The van der Waals surface area contributed by atoms with Crippen molar-refractivity contribution in [2.75, 3.05) is 5.32 Å². The van der Waals surface area contributed by atoms with Gasteiger partial charge >= 0.3 is 6.09 Å². The highest BCUT2D eigenvalue weighted by molar-refractivity contribution is 5.84. The second kappa shape index (κ2) is 7.32. The van der Waals surface area contributed by atoms with Gasteiger partial charge in [-0.05, 0) is 32.9 Å². The van der Waals surface area contributed by atoms with Gasteiger partial charge in [0.1, 0.15) is 22.9 Å². The fraction of sp³-hybridized carbons (Fsp3) is 0.500. The molecule has 0 radical (unpaired) electrons. The molecule has 3 N–H and O–H groups in total. The molecule has 7 heteroatoms. The minimum atomic E-state index is -0.543. The van der Waals surface area contributed by atoms with Crippen LogP contribution in [0, 0.1) is 0 Å². The Labute approximate surface area is 135 Å². The van der Waals surface area contributed by atoms with Gasteiger partial charge in [-0.3, -0.25) is 10.4 Å². The van der Waals surface area contributed by atoms with Gasteiger partial charge in [-0.1, -0.05) is 6.92 Å². The van der Waals surface area contributed by atoms with Crippen LogP contribution in [0.1, 0.15) is 44.8 Å². The van der Waals surface area contributed by atoms with Crippen LogP contribution in [0.4, 0.5) is 10.6 Å². The first-order valence-corrected chi connectivity index (χ1v) is 7.68. The lowest BCUT2D eigenvalue weighted by Gasteiger charge is -2.19. The zero-order chi connectivity index (χ0) is 16.9. The van der Waals surface area contributed by atoms with Gasteiger partial charge in [0, 0.05) is 18.5 Å². The minimum Gasteiger partial charge on any atom is -0.465 e. The number of hydrogen-bond acceptors (Lipinski definition) is 5. The van der Waals surface area contributed by atoms with Gasteiger partial charge in [-0.25, -0.2) is 4.79 Å². The lowest BCUT2D eigenvalue weighted by molar-refractivity contribution is 0.0635. The Morgan fingerprint density at radius 3 is 2.70 bits per heavy atom. The minimum absolute atomic E-state index is 0.512. The van der Waals surface area contributed by atoms with Crippen molar-refractivity contribution in [2.45, 2.75) is 52.8 Å². The second-order valence-electron chi connectivity index (χ2n) is 6.22. The molecule has 0 aliphatic rings. The van der Waals surface area contributed by atoms with Crippen LogP contribution in [0.2, 0.25) is 0 Å². The Bertz CT molecular complexity index is 640. The van der Waals surface area contributed by atoms with Crippen molar-refractivity contribution in [3.05, 3.63) is 35.4 Å². The van der Waals surface area contributed by atoms with Crippen LogP contribution in [0.25, 0.3) is 0 Å². The number of hydrogen-bond donors (Lipinski definition) is 3. The molecule has 7 nitrogen and oxygen atoms in total. The van der Waals surface area contributed by atoms with Crippen LogP contribution in [-0.4, -0.2) is 21.9 Å². The molecule has 23 heavy (non-hydrogen) atoms. The summed E-state index contributed by atoms with van der Waals surface area (Å²) in [4.78, 5) is 11.8. The van der Waals surface area contributed by atoms with Gasteiger partial charge in [0.15, 0.2) is 0 Å². The Morgan fingerprint density at radius 2 is 2.04 bits per heavy atom. The maximum atomic E-state index is 11.8. The number of rotatable bonds is 6. The third kappa shape index (κ3) is 5.45. The van der Waals surface area contributed by atoms with Crippen molar-refractivity contribution in [2.24, 2.45) is 0 Å². The van der Waals surface area contributed by atoms with E-state index in [2.05, 4.69) is 27.8 Å². The molecule has 0 fully saturated rings.